The molecule has 0 fully saturated rings. The lowest BCUT2D eigenvalue weighted by molar-refractivity contribution is 0.543. The Morgan fingerprint density at radius 3 is 2.89 bits per heavy atom. The van der Waals surface area contributed by atoms with Crippen LogP contribution in [-0.2, 0) is 6.54 Å². The molecule has 18 heavy (non-hydrogen) atoms. The molecule has 0 saturated carbocycles. The zero-order valence-electron chi connectivity index (χ0n) is 10.3. The number of benzene rings is 1. The Bertz CT molecular complexity index is 539. The number of rotatable bonds is 4. The van der Waals surface area contributed by atoms with Gasteiger partial charge in [0.1, 0.15) is 11.6 Å². The molecule has 0 aliphatic rings. The zero-order valence-corrected chi connectivity index (χ0v) is 11.1. The van der Waals surface area contributed by atoms with Crippen molar-refractivity contribution >= 4 is 11.6 Å². The van der Waals surface area contributed by atoms with Crippen LogP contribution in [0, 0.1) is 5.82 Å². The van der Waals surface area contributed by atoms with E-state index in [2.05, 4.69) is 10.3 Å². The summed E-state index contributed by atoms with van der Waals surface area (Å²) in [5.74, 6) is 0.466. The summed E-state index contributed by atoms with van der Waals surface area (Å²) in [5, 5.41) is 3.48. The van der Waals surface area contributed by atoms with Crippen LogP contribution in [-0.4, -0.2) is 16.6 Å². The number of nitrogens with one attached hydrogen (secondary N) is 1. The summed E-state index contributed by atoms with van der Waals surface area (Å²) < 4.78 is 15.9. The number of halogens is 2. The average molecular weight is 268 g/mol. The Labute approximate surface area is 111 Å². The maximum absolute atomic E-state index is 14.0. The van der Waals surface area contributed by atoms with Crippen molar-refractivity contribution in [3.8, 4) is 0 Å². The van der Waals surface area contributed by atoms with E-state index >= 15 is 0 Å². The predicted octanol–water partition coefficient (Wildman–Crippen LogP) is 3.00. The van der Waals surface area contributed by atoms with Crippen LogP contribution in [0.5, 0.6) is 0 Å². The van der Waals surface area contributed by atoms with Gasteiger partial charge in [-0.25, -0.2) is 9.37 Å². The number of hydrogen-bond acceptors (Lipinski definition) is 2. The van der Waals surface area contributed by atoms with Crippen LogP contribution in [0.2, 0.25) is 5.02 Å². The molecule has 0 bridgehead atoms. The Morgan fingerprint density at radius 2 is 2.28 bits per heavy atom. The fourth-order valence-corrected chi connectivity index (χ4v) is 2.17. The van der Waals surface area contributed by atoms with Crippen LogP contribution in [0.25, 0.3) is 0 Å². The smallest absolute Gasteiger partial charge is 0.130 e. The topological polar surface area (TPSA) is 29.9 Å². The van der Waals surface area contributed by atoms with Crippen molar-refractivity contribution < 1.29 is 4.39 Å². The predicted molar refractivity (Wildman–Crippen MR) is 70.2 cm³/mol. The van der Waals surface area contributed by atoms with Crippen molar-refractivity contribution in [1.82, 2.24) is 14.9 Å². The third kappa shape index (κ3) is 2.40. The highest BCUT2D eigenvalue weighted by molar-refractivity contribution is 6.30. The first kappa shape index (κ1) is 13.1. The molecule has 1 unspecified atom stereocenters. The highest BCUT2D eigenvalue weighted by Gasteiger charge is 2.20. The van der Waals surface area contributed by atoms with Crippen LogP contribution in [0.3, 0.4) is 0 Å². The minimum atomic E-state index is -0.326. The van der Waals surface area contributed by atoms with Crippen LogP contribution in [0.1, 0.15) is 24.4 Å². The summed E-state index contributed by atoms with van der Waals surface area (Å²) in [6.45, 7) is 2.82. The molecule has 5 heteroatoms. The second kappa shape index (κ2) is 5.50. The van der Waals surface area contributed by atoms with E-state index in [1.54, 1.807) is 25.4 Å². The van der Waals surface area contributed by atoms with Gasteiger partial charge in [0.2, 0.25) is 0 Å². The lowest BCUT2D eigenvalue weighted by Crippen LogP contribution is -2.22. The first-order valence-electron chi connectivity index (χ1n) is 5.80. The van der Waals surface area contributed by atoms with Gasteiger partial charge in [-0.2, -0.15) is 0 Å². The monoisotopic (exact) mass is 267 g/mol. The van der Waals surface area contributed by atoms with E-state index in [0.717, 1.165) is 12.4 Å². The Kier molecular flexibility index (Phi) is 3.99. The lowest BCUT2D eigenvalue weighted by Gasteiger charge is -2.18. The van der Waals surface area contributed by atoms with Gasteiger partial charge in [-0.05, 0) is 26.1 Å². The molecule has 1 aromatic heterocycles. The number of hydrogen-bond donors (Lipinski definition) is 1. The lowest BCUT2D eigenvalue weighted by atomic mass is 10.1. The van der Waals surface area contributed by atoms with E-state index in [1.165, 1.54) is 6.07 Å². The number of aromatic nitrogens is 2. The fourth-order valence-electron chi connectivity index (χ4n) is 2.01. The van der Waals surface area contributed by atoms with E-state index in [4.69, 9.17) is 11.6 Å². The van der Waals surface area contributed by atoms with Crippen LogP contribution in [0.15, 0.2) is 30.6 Å². The Morgan fingerprint density at radius 1 is 1.50 bits per heavy atom. The van der Waals surface area contributed by atoms with Crippen LogP contribution >= 0.6 is 11.6 Å². The molecule has 0 radical (unpaired) electrons. The largest absolute Gasteiger partial charge is 0.334 e. The minimum absolute atomic E-state index is 0.280. The molecule has 2 aromatic rings. The number of imidazole rings is 1. The highest BCUT2D eigenvalue weighted by atomic mass is 35.5. The quantitative estimate of drug-likeness (QED) is 0.923. The van der Waals surface area contributed by atoms with Gasteiger partial charge >= 0.3 is 0 Å². The van der Waals surface area contributed by atoms with E-state index in [-0.39, 0.29) is 11.9 Å². The van der Waals surface area contributed by atoms with Gasteiger partial charge in [0.15, 0.2) is 0 Å². The first-order chi connectivity index (χ1) is 8.67. The van der Waals surface area contributed by atoms with Crippen molar-refractivity contribution in [1.29, 1.82) is 0 Å². The molecule has 1 atom stereocenters. The van der Waals surface area contributed by atoms with Gasteiger partial charge in [-0.15, -0.1) is 0 Å². The Balaban J connectivity index is 2.45. The molecular weight excluding hydrogens is 253 g/mol. The first-order valence-corrected chi connectivity index (χ1v) is 6.18. The molecular formula is C13H15ClFN3. The number of nitrogens with zero attached hydrogens (tertiary/aromatic N) is 2. The molecule has 1 heterocycles. The van der Waals surface area contributed by atoms with E-state index in [1.807, 2.05) is 17.7 Å². The molecule has 0 spiro atoms. The molecule has 0 amide bonds. The zero-order chi connectivity index (χ0) is 13.1. The summed E-state index contributed by atoms with van der Waals surface area (Å²) in [5.41, 5.74) is 0.544. The molecule has 1 N–H and O–H groups in total. The van der Waals surface area contributed by atoms with E-state index in [9.17, 15) is 4.39 Å². The van der Waals surface area contributed by atoms with E-state index < -0.39 is 0 Å². The van der Waals surface area contributed by atoms with Crippen molar-refractivity contribution in [3.05, 3.63) is 52.8 Å². The molecule has 0 aliphatic carbocycles. The second-order valence-corrected chi connectivity index (χ2v) is 4.40. The molecule has 96 valence electrons. The molecule has 3 nitrogen and oxygen atoms in total. The molecule has 0 aliphatic heterocycles. The average Bonchev–Trinajstić information content (AvgIpc) is 2.81. The summed E-state index contributed by atoms with van der Waals surface area (Å²) >= 11 is 5.77. The van der Waals surface area contributed by atoms with Crippen LogP contribution in [0.4, 0.5) is 4.39 Å². The second-order valence-electron chi connectivity index (χ2n) is 3.96. The maximum Gasteiger partial charge on any atom is 0.130 e. The third-order valence-electron chi connectivity index (χ3n) is 2.91. The SMILES string of the molecule is CCn1ccnc1C(NC)c1ccc(Cl)cc1F. The molecule has 0 saturated heterocycles. The molecule has 2 rings (SSSR count). The number of aryl methyl sites for hydroxylation is 1. The maximum atomic E-state index is 14.0. The summed E-state index contributed by atoms with van der Waals surface area (Å²) in [6, 6.07) is 4.41. The van der Waals surface area contributed by atoms with Crippen LogP contribution < -0.4 is 5.32 Å². The normalized spacial score (nSPS) is 12.7. The summed E-state index contributed by atoms with van der Waals surface area (Å²) in [6.07, 6.45) is 3.60. The van der Waals surface area contributed by atoms with Crippen molar-refractivity contribution in [2.45, 2.75) is 19.5 Å². The summed E-state index contributed by atoms with van der Waals surface area (Å²) in [7, 11) is 1.79. The van der Waals surface area contributed by atoms with Gasteiger partial charge in [0.25, 0.3) is 0 Å². The van der Waals surface area contributed by atoms with Gasteiger partial charge in [0.05, 0.1) is 6.04 Å². The van der Waals surface area contributed by atoms with Gasteiger partial charge in [-0.1, -0.05) is 17.7 Å². The van der Waals surface area contributed by atoms with Crippen molar-refractivity contribution in [3.63, 3.8) is 0 Å². The van der Waals surface area contributed by atoms with E-state index in [0.29, 0.717) is 10.6 Å². The van der Waals surface area contributed by atoms with Crippen molar-refractivity contribution in [2.75, 3.05) is 7.05 Å². The standard InChI is InChI=1S/C13H15ClFN3/c1-3-18-7-6-17-13(18)12(16-2)10-5-4-9(14)8-11(10)15/h4-8,12,16H,3H2,1-2H3. The molecule has 1 aromatic carbocycles. The third-order valence-corrected chi connectivity index (χ3v) is 3.14. The summed E-state index contributed by atoms with van der Waals surface area (Å²) in [4.78, 5) is 4.30. The highest BCUT2D eigenvalue weighted by Crippen LogP contribution is 2.25. The van der Waals surface area contributed by atoms with Gasteiger partial charge < -0.3 is 9.88 Å². The van der Waals surface area contributed by atoms with Gasteiger partial charge in [0, 0.05) is 29.5 Å². The fraction of sp³-hybridized carbons (Fsp3) is 0.308. The minimum Gasteiger partial charge on any atom is -0.334 e. The Hall–Kier alpha value is -1.39. The van der Waals surface area contributed by atoms with Crippen molar-refractivity contribution in [2.24, 2.45) is 0 Å². The van der Waals surface area contributed by atoms with Gasteiger partial charge in [-0.3, -0.25) is 0 Å².